The van der Waals surface area contributed by atoms with Crippen molar-refractivity contribution < 1.29 is 16.8 Å². The summed E-state index contributed by atoms with van der Waals surface area (Å²) in [7, 11) is -7.23. The fourth-order valence-corrected chi connectivity index (χ4v) is 5.72. The summed E-state index contributed by atoms with van der Waals surface area (Å²) >= 11 is 11.5. The summed E-state index contributed by atoms with van der Waals surface area (Å²) in [6.45, 7) is 0.416. The molecule has 1 aliphatic rings. The molecule has 3 rings (SSSR count). The molecule has 1 saturated heterocycles. The van der Waals surface area contributed by atoms with E-state index < -0.39 is 20.0 Å². The zero-order chi connectivity index (χ0) is 18.2. The number of pyridine rings is 1. The van der Waals surface area contributed by atoms with Crippen LogP contribution in [0.4, 0.5) is 11.4 Å². The Morgan fingerprint density at radius 2 is 1.76 bits per heavy atom. The highest BCUT2D eigenvalue weighted by atomic mass is 35.5. The zero-order valence-corrected chi connectivity index (χ0v) is 15.8. The molecule has 0 spiro atoms. The van der Waals surface area contributed by atoms with E-state index in [1.807, 2.05) is 0 Å². The second kappa shape index (κ2) is 6.64. The lowest BCUT2D eigenvalue weighted by Crippen LogP contribution is -2.25. The van der Waals surface area contributed by atoms with E-state index in [0.717, 1.165) is 0 Å². The highest BCUT2D eigenvalue weighted by Gasteiger charge is 2.28. The molecule has 7 nitrogen and oxygen atoms in total. The first-order chi connectivity index (χ1) is 11.7. The maximum atomic E-state index is 12.4. The van der Waals surface area contributed by atoms with Crippen LogP contribution in [0.25, 0.3) is 0 Å². The molecule has 11 heteroatoms. The first-order valence-corrected chi connectivity index (χ1v) is 11.0. The summed E-state index contributed by atoms with van der Waals surface area (Å²) in [5.74, 6) is 0.115. The Bertz CT molecular complexity index is 1010. The fourth-order valence-electron chi connectivity index (χ4n) is 2.44. The van der Waals surface area contributed by atoms with Gasteiger partial charge >= 0.3 is 0 Å². The molecule has 1 N–H and O–H groups in total. The van der Waals surface area contributed by atoms with Crippen LogP contribution >= 0.6 is 23.2 Å². The molecule has 1 aliphatic heterocycles. The molecule has 1 aromatic carbocycles. The number of rotatable bonds is 4. The summed E-state index contributed by atoms with van der Waals surface area (Å²) in [6, 6.07) is 8.63. The fraction of sp³-hybridized carbons (Fsp3) is 0.214. The average molecular weight is 422 g/mol. The molecule has 2 aromatic rings. The molecule has 0 amide bonds. The lowest BCUT2D eigenvalue weighted by Gasteiger charge is -2.17. The first-order valence-electron chi connectivity index (χ1n) is 7.14. The van der Waals surface area contributed by atoms with E-state index in [0.29, 0.717) is 18.7 Å². The molecule has 25 heavy (non-hydrogen) atoms. The van der Waals surface area contributed by atoms with Crippen molar-refractivity contribution in [2.75, 3.05) is 21.3 Å². The number of nitrogens with one attached hydrogen (secondary N) is 1. The number of benzene rings is 1. The van der Waals surface area contributed by atoms with Gasteiger partial charge in [0.1, 0.15) is 10.0 Å². The number of aromatic nitrogens is 1. The van der Waals surface area contributed by atoms with E-state index in [4.69, 9.17) is 23.2 Å². The Kier molecular flexibility index (Phi) is 4.84. The minimum absolute atomic E-state index is 0.0834. The Balaban J connectivity index is 1.84. The minimum Gasteiger partial charge on any atom is -0.280 e. The number of nitrogens with zero attached hydrogens (tertiary/aromatic N) is 2. The second-order valence-corrected chi connectivity index (χ2v) is 9.73. The van der Waals surface area contributed by atoms with Crippen LogP contribution in [0.3, 0.4) is 0 Å². The van der Waals surface area contributed by atoms with Gasteiger partial charge in [0, 0.05) is 12.2 Å². The number of hydrogen-bond donors (Lipinski definition) is 1. The molecule has 0 saturated carbocycles. The van der Waals surface area contributed by atoms with Crippen LogP contribution < -0.4 is 9.03 Å². The molecule has 0 atom stereocenters. The van der Waals surface area contributed by atoms with Gasteiger partial charge in [0.15, 0.2) is 5.15 Å². The molecular weight excluding hydrogens is 409 g/mol. The van der Waals surface area contributed by atoms with E-state index in [9.17, 15) is 16.8 Å². The van der Waals surface area contributed by atoms with Crippen molar-refractivity contribution in [1.29, 1.82) is 0 Å². The number of halogens is 2. The summed E-state index contributed by atoms with van der Waals surface area (Å²) < 4.78 is 52.3. The van der Waals surface area contributed by atoms with E-state index in [1.54, 1.807) is 12.1 Å². The van der Waals surface area contributed by atoms with Gasteiger partial charge in [-0.15, -0.1) is 0 Å². The molecule has 0 unspecified atom stereocenters. The summed E-state index contributed by atoms with van der Waals surface area (Å²) in [6.07, 6.45) is 0.568. The third-order valence-corrected chi connectivity index (χ3v) is 7.47. The lowest BCUT2D eigenvalue weighted by molar-refractivity contribution is 0.598. The highest BCUT2D eigenvalue weighted by molar-refractivity contribution is 7.93. The summed E-state index contributed by atoms with van der Waals surface area (Å²) in [4.78, 5) is 3.50. The maximum absolute atomic E-state index is 12.4. The van der Waals surface area contributed by atoms with Crippen LogP contribution in [0.1, 0.15) is 6.42 Å². The number of sulfonamides is 2. The lowest BCUT2D eigenvalue weighted by atomic mass is 10.3. The van der Waals surface area contributed by atoms with Crippen LogP contribution in [0.2, 0.25) is 10.3 Å². The topological polar surface area (TPSA) is 96.4 Å². The zero-order valence-electron chi connectivity index (χ0n) is 12.7. The summed E-state index contributed by atoms with van der Waals surface area (Å²) in [5, 5.41) is -0.153. The average Bonchev–Trinajstić information content (AvgIpc) is 2.86. The number of anilines is 2. The van der Waals surface area contributed by atoms with Gasteiger partial charge in [-0.2, -0.15) is 0 Å². The molecule has 1 fully saturated rings. The van der Waals surface area contributed by atoms with Gasteiger partial charge in [0.2, 0.25) is 10.0 Å². The van der Waals surface area contributed by atoms with Gasteiger partial charge in [-0.1, -0.05) is 23.2 Å². The predicted molar refractivity (Wildman–Crippen MR) is 97.3 cm³/mol. The van der Waals surface area contributed by atoms with Gasteiger partial charge in [-0.3, -0.25) is 9.03 Å². The van der Waals surface area contributed by atoms with E-state index in [1.165, 1.54) is 28.6 Å². The van der Waals surface area contributed by atoms with E-state index in [2.05, 4.69) is 9.71 Å². The van der Waals surface area contributed by atoms with E-state index >= 15 is 0 Å². The maximum Gasteiger partial charge on any atom is 0.264 e. The predicted octanol–water partition coefficient (Wildman–Crippen LogP) is 2.73. The number of hydrogen-bond acceptors (Lipinski definition) is 5. The van der Waals surface area contributed by atoms with Gasteiger partial charge in [-0.05, 0) is 42.8 Å². The minimum atomic E-state index is -3.95. The van der Waals surface area contributed by atoms with E-state index in [-0.39, 0.29) is 26.6 Å². The molecule has 2 heterocycles. The van der Waals surface area contributed by atoms with Gasteiger partial charge in [-0.25, -0.2) is 21.8 Å². The Morgan fingerprint density at radius 3 is 2.32 bits per heavy atom. The molecular formula is C14H13Cl2N3O4S2. The Labute approximate surface area is 155 Å². The van der Waals surface area contributed by atoms with Crippen molar-refractivity contribution in [3.8, 4) is 0 Å². The van der Waals surface area contributed by atoms with Crippen molar-refractivity contribution in [3.05, 3.63) is 46.7 Å². The van der Waals surface area contributed by atoms with Crippen molar-refractivity contribution in [1.82, 2.24) is 4.98 Å². The van der Waals surface area contributed by atoms with Crippen molar-refractivity contribution in [2.24, 2.45) is 0 Å². The van der Waals surface area contributed by atoms with Crippen LogP contribution in [-0.2, 0) is 20.0 Å². The monoisotopic (exact) mass is 421 g/mol. The van der Waals surface area contributed by atoms with Crippen LogP contribution in [0.15, 0.2) is 41.3 Å². The third-order valence-electron chi connectivity index (χ3n) is 3.58. The van der Waals surface area contributed by atoms with Crippen molar-refractivity contribution >= 4 is 54.6 Å². The molecule has 0 bridgehead atoms. The molecule has 134 valence electrons. The molecule has 0 radical (unpaired) electrons. The van der Waals surface area contributed by atoms with Crippen molar-refractivity contribution in [2.45, 2.75) is 11.3 Å². The quantitative estimate of drug-likeness (QED) is 0.765. The smallest absolute Gasteiger partial charge is 0.264 e. The third kappa shape index (κ3) is 3.84. The molecule has 0 aliphatic carbocycles. The Hall–Kier alpha value is -1.55. The summed E-state index contributed by atoms with van der Waals surface area (Å²) in [5.41, 5.74) is 0.762. The van der Waals surface area contributed by atoms with Crippen LogP contribution in [0.5, 0.6) is 0 Å². The highest BCUT2D eigenvalue weighted by Crippen LogP contribution is 2.27. The van der Waals surface area contributed by atoms with Gasteiger partial charge < -0.3 is 0 Å². The Morgan fingerprint density at radius 1 is 1.08 bits per heavy atom. The normalized spacial score (nSPS) is 16.8. The second-order valence-electron chi connectivity index (χ2n) is 5.32. The van der Waals surface area contributed by atoms with Crippen LogP contribution in [0, 0.1) is 0 Å². The molecule has 1 aromatic heterocycles. The van der Waals surface area contributed by atoms with Gasteiger partial charge in [0.25, 0.3) is 10.0 Å². The van der Waals surface area contributed by atoms with Gasteiger partial charge in [0.05, 0.1) is 11.4 Å². The van der Waals surface area contributed by atoms with Crippen LogP contribution in [-0.4, -0.2) is 34.1 Å². The SMILES string of the molecule is O=S(=O)(Nc1ccc(N2CCCS2(=O)=O)cc1)c1ccc(Cl)nc1Cl. The largest absolute Gasteiger partial charge is 0.280 e. The standard InChI is InChI=1S/C14H13Cl2N3O4S2/c15-13-7-6-12(14(16)17-13)25(22,23)18-10-2-4-11(5-3-10)19-8-1-9-24(19,20)21/h2-7,18H,1,8-9H2. The first kappa shape index (κ1) is 18.2. The van der Waals surface area contributed by atoms with Crippen molar-refractivity contribution in [3.63, 3.8) is 0 Å².